The van der Waals surface area contributed by atoms with Crippen molar-refractivity contribution in [1.82, 2.24) is 10.8 Å². The van der Waals surface area contributed by atoms with Crippen LogP contribution in [0.1, 0.15) is 56.2 Å². The number of hydrogen-bond donors (Lipinski definition) is 2. The Bertz CT molecular complexity index is 1230. The molecule has 3 aromatic carbocycles. The van der Waals surface area contributed by atoms with Crippen molar-refractivity contribution in [2.45, 2.75) is 57.7 Å². The van der Waals surface area contributed by atoms with Gasteiger partial charge in [-0.15, -0.1) is 0 Å². The van der Waals surface area contributed by atoms with E-state index >= 15 is 0 Å². The summed E-state index contributed by atoms with van der Waals surface area (Å²) in [6, 6.07) is 25.9. The van der Waals surface area contributed by atoms with E-state index in [4.69, 9.17) is 4.84 Å². The highest BCUT2D eigenvalue weighted by molar-refractivity contribution is 5.95. The zero-order chi connectivity index (χ0) is 24.7. The van der Waals surface area contributed by atoms with Gasteiger partial charge in [-0.25, -0.2) is 5.48 Å². The smallest absolute Gasteiger partial charge is 0.274 e. The predicted molar refractivity (Wildman–Crippen MR) is 146 cm³/mol. The van der Waals surface area contributed by atoms with Crippen LogP contribution in [0.25, 0.3) is 10.8 Å². The van der Waals surface area contributed by atoms with Gasteiger partial charge in [-0.3, -0.25) is 9.63 Å². The van der Waals surface area contributed by atoms with Gasteiger partial charge in [-0.05, 0) is 66.3 Å². The van der Waals surface area contributed by atoms with Crippen LogP contribution in [0.3, 0.4) is 0 Å². The van der Waals surface area contributed by atoms with Crippen LogP contribution in [-0.2, 0) is 16.2 Å². The van der Waals surface area contributed by atoms with Crippen LogP contribution in [0.4, 0.5) is 0 Å². The molecule has 4 atom stereocenters. The Kier molecular flexibility index (Phi) is 7.95. The van der Waals surface area contributed by atoms with Gasteiger partial charge in [0.05, 0.1) is 6.61 Å². The molecule has 2 N–H and O–H groups in total. The molecule has 4 nitrogen and oxygen atoms in total. The summed E-state index contributed by atoms with van der Waals surface area (Å²) in [7, 11) is 0. The number of nitrogens with one attached hydrogen (secondary N) is 2. The minimum atomic E-state index is -0.173. The summed E-state index contributed by atoms with van der Waals surface area (Å²) in [5.41, 5.74) is 5.68. The molecule has 0 radical (unpaired) electrons. The molecule has 0 heterocycles. The van der Waals surface area contributed by atoms with E-state index in [9.17, 15) is 4.79 Å². The molecule has 3 aromatic rings. The summed E-state index contributed by atoms with van der Waals surface area (Å²) in [6.07, 6.45) is 12.1. The molecule has 1 amide bonds. The topological polar surface area (TPSA) is 50.4 Å². The number of hydrogen-bond acceptors (Lipinski definition) is 3. The van der Waals surface area contributed by atoms with Crippen molar-refractivity contribution >= 4 is 16.7 Å². The lowest BCUT2D eigenvalue weighted by atomic mass is 9.75. The summed E-state index contributed by atoms with van der Waals surface area (Å²) >= 11 is 0. The lowest BCUT2D eigenvalue weighted by molar-refractivity contribution is -0.130. The van der Waals surface area contributed by atoms with Crippen molar-refractivity contribution in [2.75, 3.05) is 0 Å². The first-order valence-electron chi connectivity index (χ1n) is 13.3. The molecule has 0 aromatic heterocycles. The first-order chi connectivity index (χ1) is 17.7. The standard InChI is InChI=1S/C32H36N2O2/c1-23(30-16-8-12-26-11-5-6-15-31(26)30)33-29-14-7-13-28(21-29)25-17-19-27(20-18-25)32(35)34-36-22-24-9-3-2-4-10-24/h2-6,8-12,15-17,19-20,23,25,28-29,33H,7,13-14,18,21-22H2,1H3,(H,34,35)/t23-,25?,28+,29+/m1/s1. The Morgan fingerprint density at radius 3 is 2.64 bits per heavy atom. The first-order valence-corrected chi connectivity index (χ1v) is 13.3. The highest BCUT2D eigenvalue weighted by Gasteiger charge is 2.29. The van der Waals surface area contributed by atoms with Crippen molar-refractivity contribution in [3.63, 3.8) is 0 Å². The van der Waals surface area contributed by atoms with Gasteiger partial charge in [-0.1, -0.05) is 97.4 Å². The van der Waals surface area contributed by atoms with Crippen LogP contribution < -0.4 is 10.8 Å². The zero-order valence-electron chi connectivity index (χ0n) is 21.0. The van der Waals surface area contributed by atoms with Gasteiger partial charge in [0, 0.05) is 17.7 Å². The normalized spacial score (nSPS) is 22.7. The Hall–Kier alpha value is -3.21. The molecule has 0 aliphatic heterocycles. The van der Waals surface area contributed by atoms with Gasteiger partial charge in [0.2, 0.25) is 0 Å². The van der Waals surface area contributed by atoms with Crippen LogP contribution in [0.5, 0.6) is 0 Å². The van der Waals surface area contributed by atoms with E-state index in [1.165, 1.54) is 42.0 Å². The molecule has 2 aliphatic carbocycles. The fourth-order valence-corrected chi connectivity index (χ4v) is 5.81. The molecular weight excluding hydrogens is 444 g/mol. The number of carbonyl (C=O) groups excluding carboxylic acids is 1. The largest absolute Gasteiger partial charge is 0.307 e. The average Bonchev–Trinajstić information content (AvgIpc) is 2.93. The molecule has 0 spiro atoms. The second-order valence-electron chi connectivity index (χ2n) is 10.2. The summed E-state index contributed by atoms with van der Waals surface area (Å²) in [5.74, 6) is 0.958. The van der Waals surface area contributed by atoms with E-state index in [0.717, 1.165) is 12.0 Å². The summed E-state index contributed by atoms with van der Waals surface area (Å²) in [5, 5.41) is 6.58. The second kappa shape index (κ2) is 11.7. The fourth-order valence-electron chi connectivity index (χ4n) is 5.81. The highest BCUT2D eigenvalue weighted by atomic mass is 16.6. The molecule has 1 fully saturated rings. The molecule has 0 saturated heterocycles. The zero-order valence-corrected chi connectivity index (χ0v) is 21.0. The van der Waals surface area contributed by atoms with Crippen LogP contribution >= 0.6 is 0 Å². The molecule has 2 aliphatic rings. The van der Waals surface area contributed by atoms with E-state index in [1.807, 2.05) is 36.4 Å². The first kappa shape index (κ1) is 24.5. The number of hydroxylamine groups is 1. The molecule has 5 rings (SSSR count). The molecule has 1 unspecified atom stereocenters. The molecule has 36 heavy (non-hydrogen) atoms. The Balaban J connectivity index is 1.12. The number of carbonyl (C=O) groups is 1. The number of benzene rings is 3. The van der Waals surface area contributed by atoms with Crippen molar-refractivity contribution in [3.8, 4) is 0 Å². The van der Waals surface area contributed by atoms with Crippen molar-refractivity contribution in [3.05, 3.63) is 108 Å². The third-order valence-electron chi connectivity index (χ3n) is 7.74. The van der Waals surface area contributed by atoms with Gasteiger partial charge in [-0.2, -0.15) is 0 Å². The molecule has 0 bridgehead atoms. The van der Waals surface area contributed by atoms with Crippen molar-refractivity contribution in [2.24, 2.45) is 11.8 Å². The maximum absolute atomic E-state index is 12.5. The number of amides is 1. The lowest BCUT2D eigenvalue weighted by Crippen LogP contribution is -2.37. The van der Waals surface area contributed by atoms with Gasteiger partial charge in [0.1, 0.15) is 0 Å². The Labute approximate surface area is 214 Å². The minimum Gasteiger partial charge on any atom is -0.307 e. The summed E-state index contributed by atoms with van der Waals surface area (Å²) < 4.78 is 0. The summed E-state index contributed by atoms with van der Waals surface area (Å²) in [4.78, 5) is 17.9. The quantitative estimate of drug-likeness (QED) is 0.349. The maximum atomic E-state index is 12.5. The predicted octanol–water partition coefficient (Wildman–Crippen LogP) is 6.80. The van der Waals surface area contributed by atoms with E-state index in [2.05, 4.69) is 72.3 Å². The monoisotopic (exact) mass is 480 g/mol. The van der Waals surface area contributed by atoms with Crippen LogP contribution in [-0.4, -0.2) is 11.9 Å². The average molecular weight is 481 g/mol. The third kappa shape index (κ3) is 5.95. The lowest BCUT2D eigenvalue weighted by Gasteiger charge is -2.36. The van der Waals surface area contributed by atoms with Crippen LogP contribution in [0.15, 0.2) is 96.6 Å². The number of rotatable bonds is 8. The Morgan fingerprint density at radius 1 is 1.00 bits per heavy atom. The van der Waals surface area contributed by atoms with Crippen LogP contribution in [0.2, 0.25) is 0 Å². The van der Waals surface area contributed by atoms with Crippen molar-refractivity contribution < 1.29 is 9.63 Å². The number of allylic oxidation sites excluding steroid dienone is 2. The summed E-state index contributed by atoms with van der Waals surface area (Å²) in [6.45, 7) is 2.65. The van der Waals surface area contributed by atoms with Gasteiger partial charge >= 0.3 is 0 Å². The van der Waals surface area contributed by atoms with E-state index in [0.29, 0.717) is 36.1 Å². The van der Waals surface area contributed by atoms with E-state index in [-0.39, 0.29) is 5.91 Å². The fraction of sp³-hybridized carbons (Fsp3) is 0.344. The minimum absolute atomic E-state index is 0.173. The number of fused-ring (bicyclic) bond motifs is 1. The SMILES string of the molecule is C[C@@H](N[C@H]1CCC[C@H](C2C=CC(C(=O)NOCc3ccccc3)=CC2)C1)c1cccc2ccccc12. The molecule has 1 saturated carbocycles. The molecular formula is C32H36N2O2. The Morgan fingerprint density at radius 2 is 1.81 bits per heavy atom. The van der Waals surface area contributed by atoms with Gasteiger partial charge in [0.15, 0.2) is 0 Å². The maximum Gasteiger partial charge on any atom is 0.274 e. The third-order valence-corrected chi connectivity index (χ3v) is 7.74. The molecule has 186 valence electrons. The highest BCUT2D eigenvalue weighted by Crippen LogP contribution is 2.36. The molecule has 4 heteroatoms. The van der Waals surface area contributed by atoms with E-state index < -0.39 is 0 Å². The second-order valence-corrected chi connectivity index (χ2v) is 10.2. The van der Waals surface area contributed by atoms with Gasteiger partial charge in [0.25, 0.3) is 5.91 Å². The van der Waals surface area contributed by atoms with Gasteiger partial charge < -0.3 is 5.32 Å². The van der Waals surface area contributed by atoms with Crippen LogP contribution in [0, 0.1) is 11.8 Å². The van der Waals surface area contributed by atoms with Crippen molar-refractivity contribution in [1.29, 1.82) is 0 Å². The van der Waals surface area contributed by atoms with E-state index in [1.54, 1.807) is 0 Å².